The Bertz CT molecular complexity index is 362. The second kappa shape index (κ2) is 4.77. The summed E-state index contributed by atoms with van der Waals surface area (Å²) in [5.74, 6) is 2.93. The zero-order valence-corrected chi connectivity index (χ0v) is 10.6. The zero-order chi connectivity index (χ0) is 11.7. The van der Waals surface area contributed by atoms with Gasteiger partial charge in [-0.25, -0.2) is 0 Å². The molecule has 0 radical (unpaired) electrons. The van der Waals surface area contributed by atoms with Gasteiger partial charge in [0.1, 0.15) is 0 Å². The van der Waals surface area contributed by atoms with Crippen molar-refractivity contribution in [1.29, 1.82) is 0 Å². The van der Waals surface area contributed by atoms with Gasteiger partial charge in [0.15, 0.2) is 0 Å². The predicted molar refractivity (Wildman–Crippen MR) is 69.7 cm³/mol. The van der Waals surface area contributed by atoms with Crippen LogP contribution in [0.1, 0.15) is 31.2 Å². The molecule has 4 atom stereocenters. The van der Waals surface area contributed by atoms with Gasteiger partial charge in [-0.1, -0.05) is 12.5 Å². The molecular formula is C15H22N2. The van der Waals surface area contributed by atoms with Gasteiger partial charge >= 0.3 is 0 Å². The first-order valence-corrected chi connectivity index (χ1v) is 6.93. The third-order valence-corrected chi connectivity index (χ3v) is 4.86. The SMILES string of the molecule is CNC(Cc1cccnc1)C1CC2CCC1C2. The highest BCUT2D eigenvalue weighted by atomic mass is 14.9. The van der Waals surface area contributed by atoms with Crippen LogP contribution in [-0.2, 0) is 6.42 Å². The maximum Gasteiger partial charge on any atom is 0.0300 e. The van der Waals surface area contributed by atoms with Crippen molar-refractivity contribution in [2.24, 2.45) is 17.8 Å². The van der Waals surface area contributed by atoms with Crippen molar-refractivity contribution in [3.63, 3.8) is 0 Å². The van der Waals surface area contributed by atoms with Crippen LogP contribution >= 0.6 is 0 Å². The summed E-state index contributed by atoms with van der Waals surface area (Å²) in [5.41, 5.74) is 1.37. The molecule has 4 unspecified atom stereocenters. The van der Waals surface area contributed by atoms with E-state index in [1.807, 2.05) is 18.5 Å². The van der Waals surface area contributed by atoms with E-state index in [9.17, 15) is 0 Å². The molecule has 0 amide bonds. The molecule has 2 heteroatoms. The Kier molecular flexibility index (Phi) is 3.15. The van der Waals surface area contributed by atoms with Crippen molar-refractivity contribution in [2.75, 3.05) is 7.05 Å². The average molecular weight is 230 g/mol. The molecular weight excluding hydrogens is 208 g/mol. The van der Waals surface area contributed by atoms with Crippen LogP contribution in [0.15, 0.2) is 24.5 Å². The number of fused-ring (bicyclic) bond motifs is 2. The van der Waals surface area contributed by atoms with Crippen LogP contribution in [0.25, 0.3) is 0 Å². The molecule has 2 fully saturated rings. The topological polar surface area (TPSA) is 24.9 Å². The first-order chi connectivity index (χ1) is 8.36. The Hall–Kier alpha value is -0.890. The normalized spacial score (nSPS) is 32.9. The molecule has 1 aromatic rings. The lowest BCUT2D eigenvalue weighted by Gasteiger charge is -2.30. The highest BCUT2D eigenvalue weighted by Gasteiger charge is 2.42. The Morgan fingerprint density at radius 2 is 2.35 bits per heavy atom. The molecule has 2 bridgehead atoms. The highest BCUT2D eigenvalue weighted by molar-refractivity contribution is 5.11. The van der Waals surface area contributed by atoms with Gasteiger partial charge in [-0.05, 0) is 62.1 Å². The van der Waals surface area contributed by atoms with Gasteiger partial charge in [0, 0.05) is 18.4 Å². The van der Waals surface area contributed by atoms with E-state index in [4.69, 9.17) is 0 Å². The largest absolute Gasteiger partial charge is 0.316 e. The third-order valence-electron chi connectivity index (χ3n) is 4.86. The third kappa shape index (κ3) is 2.23. The Balaban J connectivity index is 1.68. The van der Waals surface area contributed by atoms with Crippen molar-refractivity contribution in [3.8, 4) is 0 Å². The minimum atomic E-state index is 0.648. The van der Waals surface area contributed by atoms with Gasteiger partial charge in [-0.2, -0.15) is 0 Å². The molecule has 1 N–H and O–H groups in total. The van der Waals surface area contributed by atoms with Crippen molar-refractivity contribution < 1.29 is 0 Å². The zero-order valence-electron chi connectivity index (χ0n) is 10.6. The first kappa shape index (κ1) is 11.2. The molecule has 3 rings (SSSR count). The quantitative estimate of drug-likeness (QED) is 0.860. The monoisotopic (exact) mass is 230 g/mol. The van der Waals surface area contributed by atoms with Gasteiger partial charge in [-0.15, -0.1) is 0 Å². The second-order valence-electron chi connectivity index (χ2n) is 5.80. The van der Waals surface area contributed by atoms with Crippen LogP contribution in [0.5, 0.6) is 0 Å². The van der Waals surface area contributed by atoms with Gasteiger partial charge < -0.3 is 5.32 Å². The van der Waals surface area contributed by atoms with Crippen LogP contribution < -0.4 is 5.32 Å². The number of likely N-dealkylation sites (N-methyl/N-ethyl adjacent to an activating group) is 1. The highest BCUT2D eigenvalue weighted by Crippen LogP contribution is 2.49. The average Bonchev–Trinajstić information content (AvgIpc) is 2.99. The summed E-state index contributed by atoms with van der Waals surface area (Å²) in [4.78, 5) is 4.22. The molecule has 1 heterocycles. The van der Waals surface area contributed by atoms with Crippen LogP contribution in [0.4, 0.5) is 0 Å². The van der Waals surface area contributed by atoms with Crippen LogP contribution in [0.2, 0.25) is 0 Å². The molecule has 0 aliphatic heterocycles. The van der Waals surface area contributed by atoms with Gasteiger partial charge in [0.25, 0.3) is 0 Å². The molecule has 17 heavy (non-hydrogen) atoms. The molecule has 2 aliphatic rings. The summed E-state index contributed by atoms with van der Waals surface area (Å²) in [6, 6.07) is 4.89. The Labute approximate surface area is 104 Å². The van der Waals surface area contributed by atoms with Crippen LogP contribution in [0.3, 0.4) is 0 Å². The number of hydrogen-bond acceptors (Lipinski definition) is 2. The minimum absolute atomic E-state index is 0.648. The second-order valence-corrected chi connectivity index (χ2v) is 5.80. The lowest BCUT2D eigenvalue weighted by atomic mass is 9.81. The van der Waals surface area contributed by atoms with Crippen LogP contribution in [0, 0.1) is 17.8 Å². The van der Waals surface area contributed by atoms with E-state index in [2.05, 4.69) is 23.4 Å². The van der Waals surface area contributed by atoms with Crippen molar-refractivity contribution in [2.45, 2.75) is 38.1 Å². The molecule has 2 aliphatic carbocycles. The van der Waals surface area contributed by atoms with E-state index < -0.39 is 0 Å². The van der Waals surface area contributed by atoms with Crippen LogP contribution in [-0.4, -0.2) is 18.1 Å². The maximum atomic E-state index is 4.22. The van der Waals surface area contributed by atoms with E-state index >= 15 is 0 Å². The maximum absolute atomic E-state index is 4.22. The number of aromatic nitrogens is 1. The van der Waals surface area contributed by atoms with E-state index in [1.54, 1.807) is 0 Å². The summed E-state index contributed by atoms with van der Waals surface area (Å²) >= 11 is 0. The van der Waals surface area contributed by atoms with Gasteiger partial charge in [0.05, 0.1) is 0 Å². The molecule has 1 aromatic heterocycles. The minimum Gasteiger partial charge on any atom is -0.316 e. The predicted octanol–water partition coefficient (Wildman–Crippen LogP) is 2.65. The standard InChI is InChI=1S/C15H22N2/c1-16-15(9-12-3-2-6-17-10-12)14-8-11-4-5-13(14)7-11/h2-3,6,10-11,13-16H,4-5,7-9H2,1H3. The molecule has 92 valence electrons. The fourth-order valence-electron chi connectivity index (χ4n) is 4.03. The molecule has 0 saturated heterocycles. The Morgan fingerprint density at radius 3 is 2.94 bits per heavy atom. The molecule has 0 spiro atoms. The van der Waals surface area contributed by atoms with Gasteiger partial charge in [-0.3, -0.25) is 4.98 Å². The number of pyridine rings is 1. The summed E-state index contributed by atoms with van der Waals surface area (Å²) in [6.45, 7) is 0. The summed E-state index contributed by atoms with van der Waals surface area (Å²) < 4.78 is 0. The summed E-state index contributed by atoms with van der Waals surface area (Å²) in [6.07, 6.45) is 10.9. The fourth-order valence-corrected chi connectivity index (χ4v) is 4.03. The summed E-state index contributed by atoms with van der Waals surface area (Å²) in [5, 5.41) is 3.55. The number of nitrogens with zero attached hydrogens (tertiary/aromatic N) is 1. The van der Waals surface area contributed by atoms with Crippen molar-refractivity contribution >= 4 is 0 Å². The molecule has 0 aromatic carbocycles. The van der Waals surface area contributed by atoms with Crippen molar-refractivity contribution in [1.82, 2.24) is 10.3 Å². The van der Waals surface area contributed by atoms with E-state index in [-0.39, 0.29) is 0 Å². The lowest BCUT2D eigenvalue weighted by Crippen LogP contribution is -2.38. The number of hydrogen-bond donors (Lipinski definition) is 1. The Morgan fingerprint density at radius 1 is 1.41 bits per heavy atom. The fraction of sp³-hybridized carbons (Fsp3) is 0.667. The number of rotatable bonds is 4. The molecule has 2 nitrogen and oxygen atoms in total. The smallest absolute Gasteiger partial charge is 0.0300 e. The van der Waals surface area contributed by atoms with Crippen molar-refractivity contribution in [3.05, 3.63) is 30.1 Å². The van der Waals surface area contributed by atoms with Gasteiger partial charge in [0.2, 0.25) is 0 Å². The number of nitrogens with one attached hydrogen (secondary N) is 1. The first-order valence-electron chi connectivity index (χ1n) is 6.93. The summed E-state index contributed by atoms with van der Waals surface area (Å²) in [7, 11) is 2.12. The van der Waals surface area contributed by atoms with E-state index in [0.29, 0.717) is 6.04 Å². The molecule has 2 saturated carbocycles. The lowest BCUT2D eigenvalue weighted by molar-refractivity contribution is 0.255. The van der Waals surface area contributed by atoms with E-state index in [0.717, 1.165) is 24.2 Å². The van der Waals surface area contributed by atoms with E-state index in [1.165, 1.54) is 31.2 Å².